The van der Waals surface area contributed by atoms with Crippen LogP contribution in [0.5, 0.6) is 0 Å². The first-order chi connectivity index (χ1) is 13.0. The number of Topliss-reactive ketones (excluding diaryl/α,β-unsaturated/α-hetero) is 1. The Labute approximate surface area is 162 Å². The van der Waals surface area contributed by atoms with Crippen molar-refractivity contribution in [2.45, 2.75) is 24.1 Å². The lowest BCUT2D eigenvalue weighted by molar-refractivity contribution is -0.115. The maximum atomic E-state index is 12.5. The van der Waals surface area contributed by atoms with Gasteiger partial charge in [-0.1, -0.05) is 54.2 Å². The quantitative estimate of drug-likeness (QED) is 0.390. The second-order valence-electron chi connectivity index (χ2n) is 5.99. The number of anilines is 1. The van der Waals surface area contributed by atoms with Crippen molar-refractivity contribution in [2.24, 2.45) is 0 Å². The molecule has 1 atom stereocenters. The molecular formula is C21H19N3O2S. The van der Waals surface area contributed by atoms with E-state index >= 15 is 0 Å². The van der Waals surface area contributed by atoms with E-state index in [9.17, 15) is 9.59 Å². The van der Waals surface area contributed by atoms with Gasteiger partial charge in [-0.3, -0.25) is 9.59 Å². The summed E-state index contributed by atoms with van der Waals surface area (Å²) in [6, 6.07) is 18.6. The lowest BCUT2D eigenvalue weighted by Crippen LogP contribution is -2.22. The van der Waals surface area contributed by atoms with E-state index in [2.05, 4.69) is 15.3 Å². The first-order valence-corrected chi connectivity index (χ1v) is 9.37. The summed E-state index contributed by atoms with van der Waals surface area (Å²) < 4.78 is 0. The van der Waals surface area contributed by atoms with Crippen LogP contribution in [-0.4, -0.2) is 26.9 Å². The highest BCUT2D eigenvalue weighted by atomic mass is 32.2. The summed E-state index contributed by atoms with van der Waals surface area (Å²) >= 11 is 1.36. The molecule has 3 rings (SSSR count). The van der Waals surface area contributed by atoms with Gasteiger partial charge < -0.3 is 5.32 Å². The second kappa shape index (κ2) is 8.60. The van der Waals surface area contributed by atoms with Crippen molar-refractivity contribution in [3.8, 4) is 11.3 Å². The van der Waals surface area contributed by atoms with Gasteiger partial charge in [-0.25, -0.2) is 9.97 Å². The van der Waals surface area contributed by atoms with Crippen molar-refractivity contribution in [1.29, 1.82) is 0 Å². The standard InChI is InChI=1S/C21H19N3O2S/c1-14(25)17-9-6-10-18(11-17)24-21(26)15(2)27-20-12-19(22-13-23-20)16-7-4-3-5-8-16/h3-13,15H,1-2H3,(H,24,26). The van der Waals surface area contributed by atoms with Crippen LogP contribution in [0.2, 0.25) is 0 Å². The van der Waals surface area contributed by atoms with E-state index in [0.29, 0.717) is 11.3 Å². The van der Waals surface area contributed by atoms with E-state index < -0.39 is 0 Å². The fourth-order valence-corrected chi connectivity index (χ4v) is 3.28. The third-order valence-electron chi connectivity index (χ3n) is 3.91. The van der Waals surface area contributed by atoms with E-state index in [-0.39, 0.29) is 16.9 Å². The molecule has 0 spiro atoms. The van der Waals surface area contributed by atoms with Gasteiger partial charge in [0, 0.05) is 16.8 Å². The molecule has 0 bridgehead atoms. The summed E-state index contributed by atoms with van der Waals surface area (Å²) in [6.07, 6.45) is 1.51. The number of aromatic nitrogens is 2. The predicted octanol–water partition coefficient (Wildman–Crippen LogP) is 4.47. The normalized spacial score (nSPS) is 11.6. The molecule has 0 aliphatic heterocycles. The molecule has 1 heterocycles. The average molecular weight is 377 g/mol. The van der Waals surface area contributed by atoms with Gasteiger partial charge in [0.15, 0.2) is 5.78 Å². The maximum absolute atomic E-state index is 12.5. The predicted molar refractivity (Wildman–Crippen MR) is 108 cm³/mol. The van der Waals surface area contributed by atoms with Crippen molar-refractivity contribution in [2.75, 3.05) is 5.32 Å². The van der Waals surface area contributed by atoms with Crippen LogP contribution < -0.4 is 5.32 Å². The maximum Gasteiger partial charge on any atom is 0.237 e. The van der Waals surface area contributed by atoms with Gasteiger partial charge in [0.2, 0.25) is 5.91 Å². The van der Waals surface area contributed by atoms with E-state index in [1.807, 2.05) is 43.3 Å². The molecule has 0 aliphatic rings. The zero-order chi connectivity index (χ0) is 19.2. The number of hydrogen-bond donors (Lipinski definition) is 1. The molecule has 27 heavy (non-hydrogen) atoms. The minimum Gasteiger partial charge on any atom is -0.325 e. The van der Waals surface area contributed by atoms with Gasteiger partial charge in [-0.15, -0.1) is 0 Å². The molecule has 0 saturated carbocycles. The molecule has 1 amide bonds. The lowest BCUT2D eigenvalue weighted by Gasteiger charge is -2.12. The zero-order valence-corrected chi connectivity index (χ0v) is 15.9. The summed E-state index contributed by atoms with van der Waals surface area (Å²) in [4.78, 5) is 32.5. The molecule has 1 N–H and O–H groups in total. The van der Waals surface area contributed by atoms with E-state index in [1.165, 1.54) is 25.0 Å². The van der Waals surface area contributed by atoms with Gasteiger partial charge in [-0.05, 0) is 32.0 Å². The van der Waals surface area contributed by atoms with Gasteiger partial charge in [-0.2, -0.15) is 0 Å². The molecule has 5 nitrogen and oxygen atoms in total. The third-order valence-corrected chi connectivity index (χ3v) is 4.95. The van der Waals surface area contributed by atoms with E-state index in [1.54, 1.807) is 24.3 Å². The van der Waals surface area contributed by atoms with Gasteiger partial charge in [0.1, 0.15) is 11.4 Å². The van der Waals surface area contributed by atoms with Crippen LogP contribution in [-0.2, 0) is 4.79 Å². The number of amides is 1. The van der Waals surface area contributed by atoms with Crippen LogP contribution in [0.3, 0.4) is 0 Å². The highest BCUT2D eigenvalue weighted by molar-refractivity contribution is 8.00. The summed E-state index contributed by atoms with van der Waals surface area (Å²) in [5.74, 6) is -0.191. The Hall–Kier alpha value is -2.99. The fraction of sp³-hybridized carbons (Fsp3) is 0.143. The van der Waals surface area contributed by atoms with Crippen molar-refractivity contribution in [1.82, 2.24) is 9.97 Å². The number of rotatable bonds is 6. The molecule has 2 aromatic carbocycles. The number of thioether (sulfide) groups is 1. The Morgan fingerprint density at radius 3 is 2.52 bits per heavy atom. The van der Waals surface area contributed by atoms with Crippen molar-refractivity contribution < 1.29 is 9.59 Å². The molecule has 1 aromatic heterocycles. The minimum absolute atomic E-state index is 0.0389. The smallest absolute Gasteiger partial charge is 0.237 e. The topological polar surface area (TPSA) is 72.0 Å². The van der Waals surface area contributed by atoms with Crippen molar-refractivity contribution >= 4 is 29.1 Å². The first-order valence-electron chi connectivity index (χ1n) is 8.49. The SMILES string of the molecule is CC(=O)c1cccc(NC(=O)C(C)Sc2cc(-c3ccccc3)ncn2)c1. The first kappa shape index (κ1) is 18.8. The Kier molecular flexibility index (Phi) is 5.98. The Bertz CT molecular complexity index is 960. The molecule has 0 saturated heterocycles. The lowest BCUT2D eigenvalue weighted by atomic mass is 10.1. The van der Waals surface area contributed by atoms with Crippen LogP contribution in [0, 0.1) is 0 Å². The van der Waals surface area contributed by atoms with Crippen molar-refractivity contribution in [3.63, 3.8) is 0 Å². The fourth-order valence-electron chi connectivity index (χ4n) is 2.47. The van der Waals surface area contributed by atoms with E-state index in [4.69, 9.17) is 0 Å². The average Bonchev–Trinajstić information content (AvgIpc) is 2.69. The molecule has 0 radical (unpaired) electrons. The van der Waals surface area contributed by atoms with E-state index in [0.717, 1.165) is 16.3 Å². The van der Waals surface area contributed by atoms with Crippen LogP contribution >= 0.6 is 11.8 Å². The summed E-state index contributed by atoms with van der Waals surface area (Å²) in [5.41, 5.74) is 2.99. The Morgan fingerprint density at radius 1 is 1.00 bits per heavy atom. The van der Waals surface area contributed by atoms with Gasteiger partial charge >= 0.3 is 0 Å². The van der Waals surface area contributed by atoms with Crippen molar-refractivity contribution in [3.05, 3.63) is 72.6 Å². The Balaban J connectivity index is 1.68. The molecule has 0 fully saturated rings. The van der Waals surface area contributed by atoms with Crippen LogP contribution in [0.4, 0.5) is 5.69 Å². The minimum atomic E-state index is -0.357. The number of ketones is 1. The van der Waals surface area contributed by atoms with Crippen LogP contribution in [0.15, 0.2) is 72.0 Å². The number of nitrogens with zero attached hydrogens (tertiary/aromatic N) is 2. The molecule has 6 heteroatoms. The molecular weight excluding hydrogens is 358 g/mol. The molecule has 0 aliphatic carbocycles. The summed E-state index contributed by atoms with van der Waals surface area (Å²) in [6.45, 7) is 3.32. The summed E-state index contributed by atoms with van der Waals surface area (Å²) in [5, 5.41) is 3.22. The highest BCUT2D eigenvalue weighted by Crippen LogP contribution is 2.26. The largest absolute Gasteiger partial charge is 0.325 e. The van der Waals surface area contributed by atoms with Crippen LogP contribution in [0.1, 0.15) is 24.2 Å². The zero-order valence-electron chi connectivity index (χ0n) is 15.0. The summed E-state index contributed by atoms with van der Waals surface area (Å²) in [7, 11) is 0. The molecule has 3 aromatic rings. The monoisotopic (exact) mass is 377 g/mol. The third kappa shape index (κ3) is 5.01. The number of carbonyl (C=O) groups is 2. The number of hydrogen-bond acceptors (Lipinski definition) is 5. The van der Waals surface area contributed by atoms with Crippen LogP contribution in [0.25, 0.3) is 11.3 Å². The molecule has 1 unspecified atom stereocenters. The Morgan fingerprint density at radius 2 is 1.78 bits per heavy atom. The number of carbonyl (C=O) groups excluding carboxylic acids is 2. The highest BCUT2D eigenvalue weighted by Gasteiger charge is 2.16. The number of nitrogens with one attached hydrogen (secondary N) is 1. The molecule has 136 valence electrons. The second-order valence-corrected chi connectivity index (χ2v) is 7.35. The van der Waals surface area contributed by atoms with Gasteiger partial charge in [0.25, 0.3) is 0 Å². The number of benzene rings is 2. The van der Waals surface area contributed by atoms with Gasteiger partial charge in [0.05, 0.1) is 10.9 Å².